The molecule has 0 amide bonds. The van der Waals surface area contributed by atoms with Gasteiger partial charge >= 0.3 is 5.97 Å². The van der Waals surface area contributed by atoms with Crippen LogP contribution < -0.4 is 10.1 Å². The third-order valence-electron chi connectivity index (χ3n) is 9.64. The zero-order valence-electron chi connectivity index (χ0n) is 29.1. The average molecular weight is 660 g/mol. The molecule has 0 aliphatic heterocycles. The van der Waals surface area contributed by atoms with Gasteiger partial charge in [0.25, 0.3) is 0 Å². The fourth-order valence-corrected chi connectivity index (χ4v) is 10.8. The molecule has 10 heteroatoms. The standard InChI is InChI=1S/C33H65NO6SSi2/c1-10-14-15-16-17-18-19-20-21-22-30(35)40-31(24-26-39-42(8,9)33(5,6)7)41(36,37)34-25-23-29-27-32(38-28-29)43(11-2,12-3)13-4/h27-28,31,34H,10-26H2,1-9H3. The number of hydrogen-bond acceptors (Lipinski definition) is 6. The summed E-state index contributed by atoms with van der Waals surface area (Å²) in [6.45, 7) is 20.1. The van der Waals surface area contributed by atoms with E-state index in [4.69, 9.17) is 13.6 Å². The molecule has 1 N–H and O–H groups in total. The van der Waals surface area contributed by atoms with E-state index in [1.54, 1.807) is 6.26 Å². The molecule has 1 aromatic heterocycles. The number of carbonyl (C=O) groups is 1. The van der Waals surface area contributed by atoms with E-state index in [2.05, 4.69) is 72.3 Å². The monoisotopic (exact) mass is 659 g/mol. The highest BCUT2D eigenvalue weighted by Crippen LogP contribution is 2.36. The largest absolute Gasteiger partial charge is 0.474 e. The lowest BCUT2D eigenvalue weighted by atomic mass is 10.1. The van der Waals surface area contributed by atoms with Crippen LogP contribution in [0.15, 0.2) is 16.7 Å². The zero-order valence-corrected chi connectivity index (χ0v) is 31.9. The van der Waals surface area contributed by atoms with Gasteiger partial charge in [-0.25, -0.2) is 13.1 Å². The van der Waals surface area contributed by atoms with Gasteiger partial charge in [0.05, 0.1) is 11.6 Å². The zero-order chi connectivity index (χ0) is 32.6. The summed E-state index contributed by atoms with van der Waals surface area (Å²) in [5.74, 6) is -0.454. The number of unbranched alkanes of at least 4 members (excludes halogenated alkanes) is 8. The van der Waals surface area contributed by atoms with Crippen molar-refractivity contribution in [2.45, 2.75) is 167 Å². The number of carbonyl (C=O) groups excluding carboxylic acids is 1. The molecule has 0 fully saturated rings. The van der Waals surface area contributed by atoms with Crippen LogP contribution >= 0.6 is 0 Å². The fraction of sp³-hybridized carbons (Fsp3) is 0.848. The van der Waals surface area contributed by atoms with Crippen molar-refractivity contribution in [2.24, 2.45) is 0 Å². The van der Waals surface area contributed by atoms with Gasteiger partial charge in [0, 0.05) is 26.0 Å². The molecule has 0 aromatic carbocycles. The van der Waals surface area contributed by atoms with Crippen molar-refractivity contribution in [2.75, 3.05) is 13.2 Å². The van der Waals surface area contributed by atoms with E-state index in [0.717, 1.165) is 48.3 Å². The predicted molar refractivity (Wildman–Crippen MR) is 186 cm³/mol. The number of sulfonamides is 1. The first kappa shape index (κ1) is 40.1. The van der Waals surface area contributed by atoms with Gasteiger partial charge in [0.1, 0.15) is 8.07 Å². The Hall–Kier alpha value is -0.946. The van der Waals surface area contributed by atoms with Gasteiger partial charge in [-0.1, -0.05) is 118 Å². The number of esters is 1. The molecule has 252 valence electrons. The van der Waals surface area contributed by atoms with Gasteiger partial charge in [-0.05, 0) is 42.6 Å². The Labute approximate surface area is 266 Å². The summed E-state index contributed by atoms with van der Waals surface area (Å²) in [6, 6.07) is 5.50. The molecular weight excluding hydrogens is 595 g/mol. The second-order valence-electron chi connectivity index (χ2n) is 13.7. The second-order valence-corrected chi connectivity index (χ2v) is 25.6. The minimum Gasteiger partial charge on any atom is -0.474 e. The predicted octanol–water partition coefficient (Wildman–Crippen LogP) is 8.66. The van der Waals surface area contributed by atoms with Crippen LogP contribution in [-0.2, 0) is 30.4 Å². The third-order valence-corrected chi connectivity index (χ3v) is 21.2. The number of nitrogens with one attached hydrogen (secondary N) is 1. The molecular formula is C33H65NO6SSi2. The highest BCUT2D eigenvalue weighted by Gasteiger charge is 2.38. The van der Waals surface area contributed by atoms with Crippen molar-refractivity contribution in [3.05, 3.63) is 17.9 Å². The van der Waals surface area contributed by atoms with E-state index in [9.17, 15) is 13.2 Å². The molecule has 0 saturated heterocycles. The van der Waals surface area contributed by atoms with Crippen LogP contribution in [0.2, 0.25) is 36.3 Å². The topological polar surface area (TPSA) is 94.8 Å². The smallest absolute Gasteiger partial charge is 0.307 e. The molecule has 1 heterocycles. The van der Waals surface area contributed by atoms with Gasteiger partial charge in [0.2, 0.25) is 15.5 Å². The van der Waals surface area contributed by atoms with Crippen molar-refractivity contribution in [3.8, 4) is 0 Å². The van der Waals surface area contributed by atoms with Crippen LogP contribution in [0.1, 0.15) is 125 Å². The lowest BCUT2D eigenvalue weighted by molar-refractivity contribution is -0.146. The summed E-state index contributed by atoms with van der Waals surface area (Å²) in [6.07, 6.45) is 12.9. The maximum Gasteiger partial charge on any atom is 0.307 e. The first-order chi connectivity index (χ1) is 20.2. The Morgan fingerprint density at radius 2 is 1.49 bits per heavy atom. The molecule has 0 radical (unpaired) electrons. The third kappa shape index (κ3) is 13.9. The van der Waals surface area contributed by atoms with Gasteiger partial charge in [-0.3, -0.25) is 4.79 Å². The Bertz CT molecular complexity index is 1010. The molecule has 0 spiro atoms. The Kier molecular flexibility index (Phi) is 18.2. The Morgan fingerprint density at radius 3 is 2.02 bits per heavy atom. The van der Waals surface area contributed by atoms with E-state index in [1.165, 1.54) is 38.5 Å². The quantitative estimate of drug-likeness (QED) is 0.0678. The normalized spacial score (nSPS) is 13.8. The van der Waals surface area contributed by atoms with Crippen molar-refractivity contribution in [1.29, 1.82) is 0 Å². The van der Waals surface area contributed by atoms with Crippen LogP contribution in [-0.4, -0.2) is 49.4 Å². The number of furan rings is 1. The number of rotatable bonds is 24. The summed E-state index contributed by atoms with van der Waals surface area (Å²) in [4.78, 5) is 12.7. The number of hydrogen-bond donors (Lipinski definition) is 1. The molecule has 43 heavy (non-hydrogen) atoms. The molecule has 1 rings (SSSR count). The van der Waals surface area contributed by atoms with E-state index < -0.39 is 37.8 Å². The van der Waals surface area contributed by atoms with Gasteiger partial charge in [0.15, 0.2) is 8.32 Å². The first-order valence-electron chi connectivity index (χ1n) is 17.1. The first-order valence-corrected chi connectivity index (χ1v) is 24.1. The van der Waals surface area contributed by atoms with Crippen molar-refractivity contribution in [1.82, 2.24) is 4.72 Å². The Morgan fingerprint density at radius 1 is 0.930 bits per heavy atom. The van der Waals surface area contributed by atoms with Crippen LogP contribution in [0.4, 0.5) is 0 Å². The van der Waals surface area contributed by atoms with E-state index in [0.29, 0.717) is 6.42 Å². The van der Waals surface area contributed by atoms with Crippen LogP contribution in [0, 0.1) is 0 Å². The molecule has 1 aromatic rings. The van der Waals surface area contributed by atoms with E-state index >= 15 is 0 Å². The van der Waals surface area contributed by atoms with Gasteiger partial charge in [-0.2, -0.15) is 0 Å². The van der Waals surface area contributed by atoms with Gasteiger partial charge < -0.3 is 13.6 Å². The van der Waals surface area contributed by atoms with Gasteiger partial charge in [-0.15, -0.1) is 0 Å². The molecule has 7 nitrogen and oxygen atoms in total. The summed E-state index contributed by atoms with van der Waals surface area (Å²) < 4.78 is 47.3. The fourth-order valence-electron chi connectivity index (χ4n) is 5.18. The van der Waals surface area contributed by atoms with Crippen LogP contribution in [0.5, 0.6) is 0 Å². The van der Waals surface area contributed by atoms with E-state index in [1.807, 2.05) is 0 Å². The molecule has 1 unspecified atom stereocenters. The molecule has 0 aliphatic rings. The lowest BCUT2D eigenvalue weighted by Crippen LogP contribution is -2.44. The summed E-state index contributed by atoms with van der Waals surface area (Å²) >= 11 is 0. The van der Waals surface area contributed by atoms with Crippen molar-refractivity contribution in [3.63, 3.8) is 0 Å². The summed E-state index contributed by atoms with van der Waals surface area (Å²) in [5.41, 5.74) is -0.284. The Balaban J connectivity index is 2.75. The highest BCUT2D eigenvalue weighted by atomic mass is 32.2. The molecule has 0 saturated carbocycles. The van der Waals surface area contributed by atoms with Crippen LogP contribution in [0.25, 0.3) is 0 Å². The minimum absolute atomic E-state index is 0.00349. The summed E-state index contributed by atoms with van der Waals surface area (Å²) in [7, 11) is -7.61. The molecule has 1 atom stereocenters. The minimum atomic E-state index is -3.91. The average Bonchev–Trinajstić information content (AvgIpc) is 3.41. The lowest BCUT2D eigenvalue weighted by Gasteiger charge is -2.36. The van der Waals surface area contributed by atoms with Crippen LogP contribution in [0.3, 0.4) is 0 Å². The molecule has 0 aliphatic carbocycles. The van der Waals surface area contributed by atoms with Crippen molar-refractivity contribution >= 4 is 37.8 Å². The maximum absolute atomic E-state index is 13.4. The second kappa shape index (κ2) is 19.5. The maximum atomic E-state index is 13.4. The molecule has 0 bridgehead atoms. The van der Waals surface area contributed by atoms with E-state index in [-0.39, 0.29) is 31.0 Å². The van der Waals surface area contributed by atoms with Crippen molar-refractivity contribution < 1.29 is 26.8 Å². The number of ether oxygens (including phenoxy) is 1. The highest BCUT2D eigenvalue weighted by molar-refractivity contribution is 7.90. The summed E-state index contributed by atoms with van der Waals surface area (Å²) in [5, 5.41) is 1.10. The SMILES string of the molecule is CCCCCCCCCCCC(=O)OC(CCO[Si](C)(C)C(C)(C)C)S(=O)(=O)NCCc1coc([Si](CC)(CC)CC)c1.